The predicted molar refractivity (Wildman–Crippen MR) is 84.4 cm³/mol. The number of nitriles is 1. The lowest BCUT2D eigenvalue weighted by atomic mass is 9.89. The van der Waals surface area contributed by atoms with Gasteiger partial charge >= 0.3 is 0 Å². The number of anilines is 1. The van der Waals surface area contributed by atoms with Crippen molar-refractivity contribution in [3.8, 4) is 6.07 Å². The molecule has 2 rings (SSSR count). The van der Waals surface area contributed by atoms with Crippen LogP contribution in [0.5, 0.6) is 0 Å². The van der Waals surface area contributed by atoms with Gasteiger partial charge in [-0.1, -0.05) is 13.8 Å². The molecule has 1 aromatic rings. The maximum absolute atomic E-state index is 9.34. The van der Waals surface area contributed by atoms with Gasteiger partial charge in [-0.3, -0.25) is 0 Å². The Morgan fingerprint density at radius 2 is 2.14 bits per heavy atom. The van der Waals surface area contributed by atoms with Crippen LogP contribution < -0.4 is 5.32 Å². The van der Waals surface area contributed by atoms with E-state index in [1.54, 1.807) is 7.11 Å². The first-order valence-electron chi connectivity index (χ1n) is 7.71. The third kappa shape index (κ3) is 4.18. The molecular weight excluding hydrogens is 262 g/mol. The quantitative estimate of drug-likeness (QED) is 0.872. The SMILES string of the molecule is COCCC(C)(C)CNc1nc2c(cc1C#N)CCCC2. The number of aryl methyl sites for hydroxylation is 2. The number of methoxy groups -OCH3 is 1. The molecule has 1 aliphatic carbocycles. The molecule has 0 amide bonds. The van der Waals surface area contributed by atoms with Crippen LogP contribution in [0.1, 0.15) is 49.9 Å². The molecule has 114 valence electrons. The Kier molecular flexibility index (Phi) is 5.19. The maximum Gasteiger partial charge on any atom is 0.144 e. The molecule has 4 nitrogen and oxygen atoms in total. The van der Waals surface area contributed by atoms with Gasteiger partial charge in [-0.05, 0) is 49.1 Å². The fraction of sp³-hybridized carbons (Fsp3) is 0.647. The van der Waals surface area contributed by atoms with E-state index in [1.807, 2.05) is 6.07 Å². The van der Waals surface area contributed by atoms with E-state index < -0.39 is 0 Å². The number of nitrogens with one attached hydrogen (secondary N) is 1. The molecule has 0 aliphatic heterocycles. The summed E-state index contributed by atoms with van der Waals surface area (Å²) in [6.45, 7) is 5.93. The van der Waals surface area contributed by atoms with Crippen LogP contribution in [0, 0.1) is 16.7 Å². The first-order chi connectivity index (χ1) is 10.1. The van der Waals surface area contributed by atoms with Gasteiger partial charge in [0, 0.05) is 26.0 Å². The van der Waals surface area contributed by atoms with Crippen molar-refractivity contribution in [3.05, 3.63) is 22.9 Å². The summed E-state index contributed by atoms with van der Waals surface area (Å²) in [6.07, 6.45) is 5.46. The second-order valence-corrected chi connectivity index (χ2v) is 6.57. The highest BCUT2D eigenvalue weighted by Crippen LogP contribution is 2.26. The molecular formula is C17H25N3O. The van der Waals surface area contributed by atoms with Gasteiger partial charge in [0.2, 0.25) is 0 Å². The minimum Gasteiger partial charge on any atom is -0.385 e. The molecule has 0 saturated carbocycles. The molecule has 0 spiro atoms. The number of pyridine rings is 1. The third-order valence-corrected chi connectivity index (χ3v) is 4.14. The van der Waals surface area contributed by atoms with Crippen LogP contribution in [0.25, 0.3) is 0 Å². The maximum atomic E-state index is 9.34. The molecule has 0 bridgehead atoms. The molecule has 1 aliphatic rings. The van der Waals surface area contributed by atoms with E-state index in [4.69, 9.17) is 9.72 Å². The molecule has 0 aromatic carbocycles. The smallest absolute Gasteiger partial charge is 0.144 e. The Labute approximate surface area is 127 Å². The number of hydrogen-bond acceptors (Lipinski definition) is 4. The van der Waals surface area contributed by atoms with Gasteiger partial charge in [-0.25, -0.2) is 4.98 Å². The summed E-state index contributed by atoms with van der Waals surface area (Å²) >= 11 is 0. The van der Waals surface area contributed by atoms with E-state index in [9.17, 15) is 5.26 Å². The van der Waals surface area contributed by atoms with Crippen LogP contribution in [-0.4, -0.2) is 25.2 Å². The molecule has 0 saturated heterocycles. The summed E-state index contributed by atoms with van der Waals surface area (Å²) in [4.78, 5) is 4.70. The van der Waals surface area contributed by atoms with Gasteiger partial charge in [0.25, 0.3) is 0 Å². The Bertz CT molecular complexity index is 532. The van der Waals surface area contributed by atoms with E-state index in [1.165, 1.54) is 18.4 Å². The van der Waals surface area contributed by atoms with Crippen molar-refractivity contribution in [1.29, 1.82) is 5.26 Å². The fourth-order valence-electron chi connectivity index (χ4n) is 2.64. The monoisotopic (exact) mass is 287 g/mol. The zero-order valence-corrected chi connectivity index (χ0v) is 13.3. The minimum atomic E-state index is 0.111. The number of nitrogens with zero attached hydrogens (tertiary/aromatic N) is 2. The topological polar surface area (TPSA) is 57.9 Å². The van der Waals surface area contributed by atoms with Crippen molar-refractivity contribution in [1.82, 2.24) is 4.98 Å². The van der Waals surface area contributed by atoms with E-state index >= 15 is 0 Å². The molecule has 1 heterocycles. The van der Waals surface area contributed by atoms with E-state index in [0.29, 0.717) is 5.56 Å². The van der Waals surface area contributed by atoms with Crippen molar-refractivity contribution in [3.63, 3.8) is 0 Å². The number of fused-ring (bicyclic) bond motifs is 1. The standard InChI is InChI=1S/C17H25N3O/c1-17(2,8-9-21-3)12-19-16-14(11-18)10-13-6-4-5-7-15(13)20-16/h10H,4-9,12H2,1-3H3,(H,19,20). The lowest BCUT2D eigenvalue weighted by Gasteiger charge is -2.25. The highest BCUT2D eigenvalue weighted by Gasteiger charge is 2.20. The van der Waals surface area contributed by atoms with Gasteiger partial charge < -0.3 is 10.1 Å². The molecule has 1 aromatic heterocycles. The summed E-state index contributed by atoms with van der Waals surface area (Å²) in [6, 6.07) is 4.30. The van der Waals surface area contributed by atoms with Crippen molar-refractivity contribution in [2.75, 3.05) is 25.6 Å². The second-order valence-electron chi connectivity index (χ2n) is 6.57. The molecule has 21 heavy (non-hydrogen) atoms. The van der Waals surface area contributed by atoms with Crippen LogP contribution in [0.2, 0.25) is 0 Å². The lowest BCUT2D eigenvalue weighted by molar-refractivity contribution is 0.157. The summed E-state index contributed by atoms with van der Waals surface area (Å²) in [5, 5.41) is 12.7. The summed E-state index contributed by atoms with van der Waals surface area (Å²) in [5.41, 5.74) is 3.19. The van der Waals surface area contributed by atoms with Gasteiger partial charge in [-0.15, -0.1) is 0 Å². The molecule has 0 fully saturated rings. The number of aromatic nitrogens is 1. The number of ether oxygens (including phenoxy) is 1. The molecule has 0 radical (unpaired) electrons. The predicted octanol–water partition coefficient (Wildman–Crippen LogP) is 3.31. The Hall–Kier alpha value is -1.60. The summed E-state index contributed by atoms with van der Waals surface area (Å²) in [7, 11) is 1.72. The average molecular weight is 287 g/mol. The van der Waals surface area contributed by atoms with Crippen LogP contribution in [0.4, 0.5) is 5.82 Å². The number of rotatable bonds is 6. The number of hydrogen-bond donors (Lipinski definition) is 1. The van der Waals surface area contributed by atoms with Crippen LogP contribution in [0.15, 0.2) is 6.07 Å². The normalized spacial score (nSPS) is 14.4. The Balaban J connectivity index is 2.10. The molecule has 0 unspecified atom stereocenters. The van der Waals surface area contributed by atoms with Gasteiger partial charge in [0.1, 0.15) is 11.9 Å². The second kappa shape index (κ2) is 6.91. The fourth-order valence-corrected chi connectivity index (χ4v) is 2.64. The van der Waals surface area contributed by atoms with Gasteiger partial charge in [0.05, 0.1) is 5.56 Å². The lowest BCUT2D eigenvalue weighted by Crippen LogP contribution is -2.25. The highest BCUT2D eigenvalue weighted by atomic mass is 16.5. The van der Waals surface area contributed by atoms with E-state index in [2.05, 4.69) is 25.2 Å². The van der Waals surface area contributed by atoms with Gasteiger partial charge in [0.15, 0.2) is 0 Å². The average Bonchev–Trinajstić information content (AvgIpc) is 2.50. The molecule has 0 atom stereocenters. The van der Waals surface area contributed by atoms with E-state index in [-0.39, 0.29) is 5.41 Å². The van der Waals surface area contributed by atoms with Crippen LogP contribution in [-0.2, 0) is 17.6 Å². The van der Waals surface area contributed by atoms with Crippen molar-refractivity contribution in [2.45, 2.75) is 46.0 Å². The largest absolute Gasteiger partial charge is 0.385 e. The first-order valence-corrected chi connectivity index (χ1v) is 7.71. The Morgan fingerprint density at radius 1 is 1.38 bits per heavy atom. The zero-order valence-electron chi connectivity index (χ0n) is 13.3. The zero-order chi connectivity index (χ0) is 15.3. The van der Waals surface area contributed by atoms with Crippen LogP contribution in [0.3, 0.4) is 0 Å². The third-order valence-electron chi connectivity index (χ3n) is 4.14. The van der Waals surface area contributed by atoms with Gasteiger partial charge in [-0.2, -0.15) is 5.26 Å². The van der Waals surface area contributed by atoms with Crippen LogP contribution >= 0.6 is 0 Å². The molecule has 1 N–H and O–H groups in total. The first kappa shape index (κ1) is 15.8. The Morgan fingerprint density at radius 3 is 2.86 bits per heavy atom. The minimum absolute atomic E-state index is 0.111. The molecule has 4 heteroatoms. The van der Waals surface area contributed by atoms with Crippen molar-refractivity contribution >= 4 is 5.82 Å². The van der Waals surface area contributed by atoms with Crippen molar-refractivity contribution in [2.24, 2.45) is 5.41 Å². The van der Waals surface area contributed by atoms with E-state index in [0.717, 1.165) is 43.9 Å². The summed E-state index contributed by atoms with van der Waals surface area (Å²) in [5.74, 6) is 0.739. The van der Waals surface area contributed by atoms with Crippen molar-refractivity contribution < 1.29 is 4.74 Å². The summed E-state index contributed by atoms with van der Waals surface area (Å²) < 4.78 is 5.15. The highest BCUT2D eigenvalue weighted by molar-refractivity contribution is 5.54.